The third-order valence-corrected chi connectivity index (χ3v) is 1.27. The Balaban J connectivity index is 2.88. The molecule has 2 aromatic heterocycles. The van der Waals surface area contributed by atoms with Crippen molar-refractivity contribution in [3.8, 4) is 0 Å². The van der Waals surface area contributed by atoms with Crippen molar-refractivity contribution in [2.75, 3.05) is 0 Å². The van der Waals surface area contributed by atoms with Gasteiger partial charge >= 0.3 is 0 Å². The molecule has 2 heterocycles. The Hall–Kier alpha value is -1.45. The van der Waals surface area contributed by atoms with E-state index in [1.165, 1.54) is 6.33 Å². The quantitative estimate of drug-likeness (QED) is 0.524. The molecular weight excluding hydrogens is 128 g/mol. The molecule has 10 heavy (non-hydrogen) atoms. The molecule has 0 atom stereocenters. The third-order valence-electron chi connectivity index (χ3n) is 1.27. The molecule has 0 amide bonds. The first-order chi connectivity index (χ1) is 4.86. The van der Waals surface area contributed by atoms with Gasteiger partial charge in [0.05, 0.1) is 5.69 Å². The van der Waals surface area contributed by atoms with E-state index in [0.29, 0.717) is 0 Å². The summed E-state index contributed by atoms with van der Waals surface area (Å²) >= 11 is 0. The van der Waals surface area contributed by atoms with E-state index in [1.54, 1.807) is 10.8 Å². The summed E-state index contributed by atoms with van der Waals surface area (Å²) in [7, 11) is 0. The Kier molecular flexibility index (Phi) is 0.943. The van der Waals surface area contributed by atoms with Crippen molar-refractivity contribution >= 4 is 5.65 Å². The molecule has 0 radical (unpaired) electrons. The van der Waals surface area contributed by atoms with Gasteiger partial charge in [0, 0.05) is 6.07 Å². The van der Waals surface area contributed by atoms with Crippen molar-refractivity contribution in [3.63, 3.8) is 0 Å². The number of fused-ring (bicyclic) bond motifs is 1. The Morgan fingerprint density at radius 2 is 2.40 bits per heavy atom. The Morgan fingerprint density at radius 1 is 1.50 bits per heavy atom. The maximum atomic E-state index is 4.10. The third kappa shape index (κ3) is 0.655. The van der Waals surface area contributed by atoms with Gasteiger partial charge in [-0.2, -0.15) is 5.10 Å². The lowest BCUT2D eigenvalue weighted by molar-refractivity contribution is 0.875. The summed E-state index contributed by atoms with van der Waals surface area (Å²) in [5.41, 5.74) is 1.80. The number of rotatable bonds is 0. The van der Waals surface area contributed by atoms with Gasteiger partial charge < -0.3 is 0 Å². The van der Waals surface area contributed by atoms with Gasteiger partial charge in [-0.1, -0.05) is 0 Å². The predicted molar refractivity (Wildman–Crippen MR) is 35.5 cm³/mol. The van der Waals surface area contributed by atoms with Crippen LogP contribution in [0.2, 0.25) is 0 Å². The fraction of sp³-hybridized carbons (Fsp3) is 0.167. The Morgan fingerprint density at radius 3 is 3.20 bits per heavy atom. The van der Waals surface area contributed by atoms with E-state index in [2.05, 4.69) is 15.1 Å². The van der Waals surface area contributed by atoms with Crippen LogP contribution in [0, 0.1) is 6.92 Å². The first-order valence-electron chi connectivity index (χ1n) is 2.98. The van der Waals surface area contributed by atoms with Crippen molar-refractivity contribution in [2.24, 2.45) is 0 Å². The minimum Gasteiger partial charge on any atom is -0.225 e. The van der Waals surface area contributed by atoms with Gasteiger partial charge in [-0.25, -0.2) is 14.5 Å². The number of aromatic nitrogens is 4. The average Bonchev–Trinajstić information content (AvgIpc) is 2.27. The molecule has 0 saturated heterocycles. The van der Waals surface area contributed by atoms with E-state index in [-0.39, 0.29) is 0 Å². The van der Waals surface area contributed by atoms with Crippen LogP contribution in [0.5, 0.6) is 0 Å². The molecule has 2 aromatic rings. The molecule has 0 fully saturated rings. The Labute approximate surface area is 57.5 Å². The summed E-state index contributed by atoms with van der Waals surface area (Å²) in [6, 6.07) is 1.90. The van der Waals surface area contributed by atoms with E-state index in [1.807, 2.05) is 13.0 Å². The zero-order chi connectivity index (χ0) is 6.97. The highest BCUT2D eigenvalue weighted by molar-refractivity contribution is 5.36. The number of hydrogen-bond acceptors (Lipinski definition) is 3. The van der Waals surface area contributed by atoms with E-state index in [9.17, 15) is 0 Å². The monoisotopic (exact) mass is 134 g/mol. The summed E-state index contributed by atoms with van der Waals surface area (Å²) in [6.45, 7) is 1.93. The lowest BCUT2D eigenvalue weighted by Gasteiger charge is -1.85. The van der Waals surface area contributed by atoms with Crippen LogP contribution in [0.15, 0.2) is 18.7 Å². The standard InChI is InChI=1S/C6H6N4/c1-5-2-6-8-3-7-4-10(6)9-5/h2-4H,1H3. The molecule has 0 aliphatic rings. The van der Waals surface area contributed by atoms with E-state index < -0.39 is 0 Å². The summed E-state index contributed by atoms with van der Waals surface area (Å²) in [5, 5.41) is 4.10. The van der Waals surface area contributed by atoms with Crippen molar-refractivity contribution in [3.05, 3.63) is 24.4 Å². The van der Waals surface area contributed by atoms with E-state index >= 15 is 0 Å². The van der Waals surface area contributed by atoms with Crippen LogP contribution in [0.3, 0.4) is 0 Å². The van der Waals surface area contributed by atoms with Crippen LogP contribution in [0.4, 0.5) is 0 Å². The largest absolute Gasteiger partial charge is 0.225 e. The van der Waals surface area contributed by atoms with Crippen LogP contribution in [-0.4, -0.2) is 19.6 Å². The zero-order valence-electron chi connectivity index (χ0n) is 5.52. The van der Waals surface area contributed by atoms with Crippen LogP contribution < -0.4 is 0 Å². The lowest BCUT2D eigenvalue weighted by Crippen LogP contribution is -1.89. The van der Waals surface area contributed by atoms with E-state index in [0.717, 1.165) is 11.3 Å². The fourth-order valence-corrected chi connectivity index (χ4v) is 0.870. The lowest BCUT2D eigenvalue weighted by atomic mass is 10.5. The molecular formula is C6H6N4. The average molecular weight is 134 g/mol. The van der Waals surface area contributed by atoms with Gasteiger partial charge in [-0.15, -0.1) is 0 Å². The second-order valence-corrected chi connectivity index (χ2v) is 2.10. The van der Waals surface area contributed by atoms with Crippen LogP contribution in [0.1, 0.15) is 5.69 Å². The van der Waals surface area contributed by atoms with E-state index in [4.69, 9.17) is 0 Å². The first-order valence-corrected chi connectivity index (χ1v) is 2.98. The van der Waals surface area contributed by atoms with Crippen LogP contribution in [-0.2, 0) is 0 Å². The van der Waals surface area contributed by atoms with Crippen LogP contribution >= 0.6 is 0 Å². The molecule has 0 bridgehead atoms. The highest BCUT2D eigenvalue weighted by atomic mass is 15.3. The molecule has 0 unspecified atom stereocenters. The maximum absolute atomic E-state index is 4.10. The molecule has 2 rings (SSSR count). The minimum atomic E-state index is 0.840. The first kappa shape index (κ1) is 5.34. The highest BCUT2D eigenvalue weighted by Crippen LogP contribution is 1.98. The number of nitrogens with zero attached hydrogens (tertiary/aromatic N) is 4. The zero-order valence-corrected chi connectivity index (χ0v) is 5.52. The molecule has 4 heteroatoms. The summed E-state index contributed by atoms with van der Waals surface area (Å²) in [6.07, 6.45) is 3.14. The molecule has 0 saturated carbocycles. The topological polar surface area (TPSA) is 43.1 Å². The SMILES string of the molecule is Cc1cc2ncncn2n1. The van der Waals surface area contributed by atoms with Crippen molar-refractivity contribution in [1.82, 2.24) is 19.6 Å². The second kappa shape index (κ2) is 1.76. The van der Waals surface area contributed by atoms with Crippen molar-refractivity contribution in [2.45, 2.75) is 6.92 Å². The highest BCUT2D eigenvalue weighted by Gasteiger charge is 1.94. The molecule has 0 aliphatic carbocycles. The molecule has 0 spiro atoms. The predicted octanol–water partition coefficient (Wildman–Crippen LogP) is 0.433. The van der Waals surface area contributed by atoms with Gasteiger partial charge in [0.1, 0.15) is 12.7 Å². The van der Waals surface area contributed by atoms with Gasteiger partial charge in [0.2, 0.25) is 0 Å². The maximum Gasteiger partial charge on any atom is 0.158 e. The van der Waals surface area contributed by atoms with Crippen molar-refractivity contribution in [1.29, 1.82) is 0 Å². The molecule has 50 valence electrons. The number of hydrogen-bond donors (Lipinski definition) is 0. The summed E-state index contributed by atoms with van der Waals surface area (Å²) in [4.78, 5) is 7.81. The minimum absolute atomic E-state index is 0.840. The Bertz CT molecular complexity index is 318. The van der Waals surface area contributed by atoms with Gasteiger partial charge in [-0.05, 0) is 6.92 Å². The fourth-order valence-electron chi connectivity index (χ4n) is 0.870. The molecule has 4 nitrogen and oxygen atoms in total. The summed E-state index contributed by atoms with van der Waals surface area (Å²) < 4.78 is 1.65. The van der Waals surface area contributed by atoms with Crippen molar-refractivity contribution < 1.29 is 0 Å². The number of aryl methyl sites for hydroxylation is 1. The summed E-state index contributed by atoms with van der Waals surface area (Å²) in [5.74, 6) is 0. The van der Waals surface area contributed by atoms with Crippen LogP contribution in [0.25, 0.3) is 5.65 Å². The second-order valence-electron chi connectivity index (χ2n) is 2.10. The molecule has 0 aromatic carbocycles. The normalized spacial score (nSPS) is 10.5. The molecule has 0 aliphatic heterocycles. The van der Waals surface area contributed by atoms with Gasteiger partial charge in [0.25, 0.3) is 0 Å². The smallest absolute Gasteiger partial charge is 0.158 e. The van der Waals surface area contributed by atoms with Gasteiger partial charge in [0.15, 0.2) is 5.65 Å². The molecule has 0 N–H and O–H groups in total. The van der Waals surface area contributed by atoms with Gasteiger partial charge in [-0.3, -0.25) is 0 Å².